The predicted octanol–water partition coefficient (Wildman–Crippen LogP) is 4.12. The molecule has 1 aromatic heterocycles. The first-order chi connectivity index (χ1) is 14.6. The fraction of sp³-hybridized carbons (Fsp3) is 0.174. The van der Waals surface area contributed by atoms with Gasteiger partial charge in [-0.2, -0.15) is 0 Å². The molecule has 0 radical (unpaired) electrons. The van der Waals surface area contributed by atoms with Crippen LogP contribution >= 0.6 is 0 Å². The molecule has 0 saturated carbocycles. The van der Waals surface area contributed by atoms with Gasteiger partial charge in [-0.05, 0) is 54.6 Å². The van der Waals surface area contributed by atoms with Crippen molar-refractivity contribution in [1.29, 1.82) is 0 Å². The van der Waals surface area contributed by atoms with Crippen molar-refractivity contribution in [1.82, 2.24) is 4.57 Å². The Labute approximate surface area is 174 Å². The number of nitro benzene ring substituents is 1. The Kier molecular flexibility index (Phi) is 5.72. The summed E-state index contributed by atoms with van der Waals surface area (Å²) in [5.74, 6) is -0.102. The van der Waals surface area contributed by atoms with E-state index in [2.05, 4.69) is 4.90 Å². The maximum Gasteiger partial charge on any atom is 0.271 e. The highest BCUT2D eigenvalue weighted by Gasteiger charge is 2.12. The molecule has 2 heterocycles. The van der Waals surface area contributed by atoms with Gasteiger partial charge >= 0.3 is 0 Å². The number of aromatic nitrogens is 1. The minimum atomic E-state index is -0.424. The van der Waals surface area contributed by atoms with Gasteiger partial charge in [0.2, 0.25) is 0 Å². The van der Waals surface area contributed by atoms with Gasteiger partial charge in [0, 0.05) is 48.4 Å². The van der Waals surface area contributed by atoms with E-state index in [1.165, 1.54) is 18.2 Å². The number of carbonyl (C=O) groups is 1. The number of ketones is 1. The number of hydrogen-bond donors (Lipinski definition) is 0. The number of carbonyl (C=O) groups excluding carboxylic acids is 1. The Bertz CT molecular complexity index is 1080. The van der Waals surface area contributed by atoms with Crippen LogP contribution in [0, 0.1) is 10.1 Å². The second-order valence-corrected chi connectivity index (χ2v) is 6.92. The lowest BCUT2D eigenvalue weighted by atomic mass is 10.1. The van der Waals surface area contributed by atoms with Crippen molar-refractivity contribution in [2.24, 2.45) is 0 Å². The van der Waals surface area contributed by atoms with Gasteiger partial charge in [0.1, 0.15) is 0 Å². The number of hydrogen-bond acceptors (Lipinski definition) is 5. The molecule has 4 rings (SSSR count). The molecule has 0 N–H and O–H groups in total. The van der Waals surface area contributed by atoms with Crippen LogP contribution in [-0.4, -0.2) is 41.6 Å². The number of nitrogens with zero attached hydrogens (tertiary/aromatic N) is 3. The van der Waals surface area contributed by atoms with Crippen LogP contribution in [0.1, 0.15) is 16.1 Å². The fourth-order valence-corrected chi connectivity index (χ4v) is 3.44. The first-order valence-corrected chi connectivity index (χ1v) is 9.69. The zero-order valence-corrected chi connectivity index (χ0v) is 16.3. The standard InChI is InChI=1S/C23H21N3O4/c27-23(18-6-8-19(9-7-18)24-13-15-30-16-14-24)11-10-20-5-2-12-25(20)21-3-1-4-22(17-21)26(28)29/h1-12,17H,13-16H2/b11-10+. The molecule has 1 fully saturated rings. The number of non-ortho nitro benzene ring substituents is 1. The summed E-state index contributed by atoms with van der Waals surface area (Å²) < 4.78 is 7.17. The lowest BCUT2D eigenvalue weighted by Crippen LogP contribution is -2.36. The van der Waals surface area contributed by atoms with Gasteiger partial charge in [0.15, 0.2) is 5.78 Å². The van der Waals surface area contributed by atoms with Crippen molar-refractivity contribution in [3.8, 4) is 5.69 Å². The monoisotopic (exact) mass is 403 g/mol. The molecule has 0 amide bonds. The fourth-order valence-electron chi connectivity index (χ4n) is 3.44. The van der Waals surface area contributed by atoms with E-state index < -0.39 is 4.92 Å². The van der Waals surface area contributed by atoms with Crippen LogP contribution < -0.4 is 4.90 Å². The van der Waals surface area contributed by atoms with E-state index in [1.807, 2.05) is 36.4 Å². The van der Waals surface area contributed by atoms with E-state index in [0.717, 1.165) is 24.5 Å². The molecule has 1 saturated heterocycles. The average Bonchev–Trinajstić information content (AvgIpc) is 3.27. The van der Waals surface area contributed by atoms with Gasteiger partial charge in [-0.1, -0.05) is 6.07 Å². The van der Waals surface area contributed by atoms with Gasteiger partial charge in [-0.25, -0.2) is 0 Å². The second-order valence-electron chi connectivity index (χ2n) is 6.92. The zero-order chi connectivity index (χ0) is 20.9. The van der Waals surface area contributed by atoms with E-state index in [1.54, 1.807) is 29.0 Å². The molecular formula is C23H21N3O4. The third kappa shape index (κ3) is 4.31. The molecule has 7 nitrogen and oxygen atoms in total. The van der Waals surface area contributed by atoms with Crippen molar-refractivity contribution in [2.75, 3.05) is 31.2 Å². The number of rotatable bonds is 6. The quantitative estimate of drug-likeness (QED) is 0.268. The SMILES string of the molecule is O=C(/C=C/c1cccn1-c1cccc([N+](=O)[O-])c1)c1ccc(N2CCOCC2)cc1. The van der Waals surface area contributed by atoms with Gasteiger partial charge in [-0.15, -0.1) is 0 Å². The molecule has 0 bridgehead atoms. The average molecular weight is 403 g/mol. The molecular weight excluding hydrogens is 382 g/mol. The molecule has 0 atom stereocenters. The van der Waals surface area contributed by atoms with E-state index in [9.17, 15) is 14.9 Å². The van der Waals surface area contributed by atoms with Crippen LogP contribution in [0.2, 0.25) is 0 Å². The predicted molar refractivity (Wildman–Crippen MR) is 115 cm³/mol. The van der Waals surface area contributed by atoms with E-state index in [4.69, 9.17) is 4.74 Å². The first-order valence-electron chi connectivity index (χ1n) is 9.69. The summed E-state index contributed by atoms with van der Waals surface area (Å²) in [7, 11) is 0. The highest BCUT2D eigenvalue weighted by molar-refractivity contribution is 6.06. The summed E-state index contributed by atoms with van der Waals surface area (Å²) in [4.78, 5) is 25.4. The van der Waals surface area contributed by atoms with Crippen molar-refractivity contribution >= 4 is 23.2 Å². The molecule has 1 aliphatic heterocycles. The van der Waals surface area contributed by atoms with Crippen LogP contribution in [-0.2, 0) is 4.74 Å². The van der Waals surface area contributed by atoms with Crippen LogP contribution in [0.4, 0.5) is 11.4 Å². The van der Waals surface area contributed by atoms with Gasteiger partial charge in [-0.3, -0.25) is 14.9 Å². The molecule has 1 aliphatic rings. The maximum absolute atomic E-state index is 12.6. The Hall–Kier alpha value is -3.71. The second kappa shape index (κ2) is 8.75. The number of morpholine rings is 1. The van der Waals surface area contributed by atoms with Crippen LogP contribution in [0.3, 0.4) is 0 Å². The Balaban J connectivity index is 1.49. The number of nitro groups is 1. The summed E-state index contributed by atoms with van der Waals surface area (Å²) >= 11 is 0. The Morgan fingerprint density at radius 3 is 2.50 bits per heavy atom. The summed E-state index contributed by atoms with van der Waals surface area (Å²) in [6, 6.07) is 17.6. The molecule has 0 aliphatic carbocycles. The molecule has 3 aromatic rings. The van der Waals surface area contributed by atoms with Crippen molar-refractivity contribution in [3.05, 3.63) is 94.3 Å². The van der Waals surface area contributed by atoms with E-state index >= 15 is 0 Å². The van der Waals surface area contributed by atoms with Gasteiger partial charge in [0.25, 0.3) is 5.69 Å². The molecule has 30 heavy (non-hydrogen) atoms. The molecule has 2 aromatic carbocycles. The summed E-state index contributed by atoms with van der Waals surface area (Å²) in [6.07, 6.45) is 5.05. The van der Waals surface area contributed by atoms with E-state index in [-0.39, 0.29) is 11.5 Å². The number of allylic oxidation sites excluding steroid dienone is 1. The molecule has 7 heteroatoms. The van der Waals surface area contributed by atoms with E-state index in [0.29, 0.717) is 24.5 Å². The zero-order valence-electron chi connectivity index (χ0n) is 16.3. The Morgan fingerprint density at radius 2 is 1.77 bits per heavy atom. The van der Waals surface area contributed by atoms with Crippen molar-refractivity contribution in [2.45, 2.75) is 0 Å². The summed E-state index contributed by atoms with van der Waals surface area (Å²) in [5.41, 5.74) is 3.13. The lowest BCUT2D eigenvalue weighted by Gasteiger charge is -2.28. The van der Waals surface area contributed by atoms with Crippen LogP contribution in [0.5, 0.6) is 0 Å². The van der Waals surface area contributed by atoms with Crippen molar-refractivity contribution < 1.29 is 14.5 Å². The third-order valence-electron chi connectivity index (χ3n) is 5.03. The van der Waals surface area contributed by atoms with Gasteiger partial charge < -0.3 is 14.2 Å². The van der Waals surface area contributed by atoms with Gasteiger partial charge in [0.05, 0.1) is 23.8 Å². The topological polar surface area (TPSA) is 77.6 Å². The number of anilines is 1. The molecule has 0 spiro atoms. The maximum atomic E-state index is 12.6. The highest BCUT2D eigenvalue weighted by Crippen LogP contribution is 2.20. The minimum Gasteiger partial charge on any atom is -0.378 e. The lowest BCUT2D eigenvalue weighted by molar-refractivity contribution is -0.384. The number of ether oxygens (including phenoxy) is 1. The Morgan fingerprint density at radius 1 is 1.00 bits per heavy atom. The largest absolute Gasteiger partial charge is 0.378 e. The highest BCUT2D eigenvalue weighted by atomic mass is 16.6. The van der Waals surface area contributed by atoms with Crippen LogP contribution in [0.25, 0.3) is 11.8 Å². The normalized spacial score (nSPS) is 14.2. The summed E-state index contributed by atoms with van der Waals surface area (Å²) in [6.45, 7) is 3.13. The van der Waals surface area contributed by atoms with Crippen LogP contribution in [0.15, 0.2) is 72.9 Å². The molecule has 152 valence electrons. The first kappa shape index (κ1) is 19.6. The number of benzene rings is 2. The molecule has 0 unspecified atom stereocenters. The third-order valence-corrected chi connectivity index (χ3v) is 5.03. The smallest absolute Gasteiger partial charge is 0.271 e. The van der Waals surface area contributed by atoms with Crippen molar-refractivity contribution in [3.63, 3.8) is 0 Å². The minimum absolute atomic E-state index is 0.0209. The summed E-state index contributed by atoms with van der Waals surface area (Å²) in [5, 5.41) is 11.0.